The Kier molecular flexibility index (Phi) is 7.64. The Bertz CT molecular complexity index is 719. The zero-order valence-electron chi connectivity index (χ0n) is 15.0. The molecule has 0 spiro atoms. The molecule has 0 bridgehead atoms. The van der Waals surface area contributed by atoms with Crippen molar-refractivity contribution in [2.24, 2.45) is 5.73 Å². The summed E-state index contributed by atoms with van der Waals surface area (Å²) in [5.74, 6) is -0.279. The minimum atomic E-state index is -0.556. The van der Waals surface area contributed by atoms with E-state index in [1.165, 1.54) is 5.56 Å². The number of hydrogen-bond acceptors (Lipinski definition) is 4. The molecule has 0 radical (unpaired) electrons. The van der Waals surface area contributed by atoms with Crippen molar-refractivity contribution in [3.63, 3.8) is 0 Å². The highest BCUT2D eigenvalue weighted by Gasteiger charge is 2.07. The van der Waals surface area contributed by atoms with E-state index in [9.17, 15) is 9.59 Å². The molecule has 6 heteroatoms. The number of carbonyl (C=O) groups is 2. The standard InChI is InChI=1S/C20H25N3O3/c1-23(14-16-7-3-2-4-8-16)12-6-11-22-20(25)17-9-5-10-18(13-17)26-15-19(21)24/h2-5,7-10,13H,6,11-12,14-15H2,1H3,(H2,21,24)(H,22,25). The quantitative estimate of drug-likeness (QED) is 0.637. The van der Waals surface area contributed by atoms with E-state index in [0.717, 1.165) is 19.5 Å². The van der Waals surface area contributed by atoms with E-state index in [1.54, 1.807) is 24.3 Å². The Morgan fingerprint density at radius 2 is 1.88 bits per heavy atom. The Morgan fingerprint density at radius 3 is 2.62 bits per heavy atom. The van der Waals surface area contributed by atoms with Crippen LogP contribution in [0.3, 0.4) is 0 Å². The van der Waals surface area contributed by atoms with Gasteiger partial charge in [0.2, 0.25) is 0 Å². The SMILES string of the molecule is CN(CCCNC(=O)c1cccc(OCC(N)=O)c1)Cc1ccccc1. The molecule has 0 aliphatic carbocycles. The highest BCUT2D eigenvalue weighted by Crippen LogP contribution is 2.13. The molecule has 0 saturated heterocycles. The molecule has 6 nitrogen and oxygen atoms in total. The zero-order valence-corrected chi connectivity index (χ0v) is 15.0. The summed E-state index contributed by atoms with van der Waals surface area (Å²) in [7, 11) is 2.06. The summed E-state index contributed by atoms with van der Waals surface area (Å²) in [5, 5.41) is 2.90. The van der Waals surface area contributed by atoms with Crippen LogP contribution in [0.4, 0.5) is 0 Å². The third kappa shape index (κ3) is 6.94. The van der Waals surface area contributed by atoms with Gasteiger partial charge in [-0.15, -0.1) is 0 Å². The molecule has 2 rings (SSSR count). The lowest BCUT2D eigenvalue weighted by atomic mass is 10.2. The Morgan fingerprint density at radius 1 is 1.12 bits per heavy atom. The maximum absolute atomic E-state index is 12.2. The molecule has 26 heavy (non-hydrogen) atoms. The molecular weight excluding hydrogens is 330 g/mol. The molecule has 0 saturated carbocycles. The largest absolute Gasteiger partial charge is 0.484 e. The Hall–Kier alpha value is -2.86. The maximum atomic E-state index is 12.2. The van der Waals surface area contributed by atoms with E-state index in [-0.39, 0.29) is 12.5 Å². The molecular formula is C20H25N3O3. The molecule has 0 aromatic heterocycles. The smallest absolute Gasteiger partial charge is 0.255 e. The second-order valence-corrected chi connectivity index (χ2v) is 6.12. The number of amides is 2. The molecule has 3 N–H and O–H groups in total. The second-order valence-electron chi connectivity index (χ2n) is 6.12. The highest BCUT2D eigenvalue weighted by atomic mass is 16.5. The average molecular weight is 355 g/mol. The van der Waals surface area contributed by atoms with Gasteiger partial charge in [0.05, 0.1) is 0 Å². The molecule has 0 unspecified atom stereocenters. The van der Waals surface area contributed by atoms with Gasteiger partial charge in [0.25, 0.3) is 11.8 Å². The van der Waals surface area contributed by atoms with Gasteiger partial charge in [-0.2, -0.15) is 0 Å². The predicted octanol–water partition coefficient (Wildman–Crippen LogP) is 1.80. The monoisotopic (exact) mass is 355 g/mol. The second kappa shape index (κ2) is 10.2. The fourth-order valence-corrected chi connectivity index (χ4v) is 2.51. The molecule has 0 aliphatic rings. The number of hydrogen-bond donors (Lipinski definition) is 2. The van der Waals surface area contributed by atoms with Crippen molar-refractivity contribution in [1.82, 2.24) is 10.2 Å². The lowest BCUT2D eigenvalue weighted by molar-refractivity contribution is -0.119. The lowest BCUT2D eigenvalue weighted by Crippen LogP contribution is -2.28. The van der Waals surface area contributed by atoms with Gasteiger partial charge in [-0.3, -0.25) is 9.59 Å². The van der Waals surface area contributed by atoms with Gasteiger partial charge >= 0.3 is 0 Å². The van der Waals surface area contributed by atoms with Crippen LogP contribution in [0.1, 0.15) is 22.3 Å². The number of rotatable bonds is 10. The van der Waals surface area contributed by atoms with Crippen LogP contribution in [0.2, 0.25) is 0 Å². The summed E-state index contributed by atoms with van der Waals surface area (Å²) in [6.07, 6.45) is 0.854. The van der Waals surface area contributed by atoms with Crippen molar-refractivity contribution in [2.75, 3.05) is 26.7 Å². The topological polar surface area (TPSA) is 84.7 Å². The number of benzene rings is 2. The number of ether oxygens (including phenoxy) is 1. The van der Waals surface area contributed by atoms with Crippen LogP contribution in [-0.4, -0.2) is 43.5 Å². The Labute approximate surface area is 153 Å². The fourth-order valence-electron chi connectivity index (χ4n) is 2.51. The van der Waals surface area contributed by atoms with Crippen molar-refractivity contribution >= 4 is 11.8 Å². The first-order valence-electron chi connectivity index (χ1n) is 8.56. The van der Waals surface area contributed by atoms with E-state index in [2.05, 4.69) is 29.4 Å². The van der Waals surface area contributed by atoms with E-state index in [4.69, 9.17) is 10.5 Å². The van der Waals surface area contributed by atoms with Crippen LogP contribution in [0.15, 0.2) is 54.6 Å². The van der Waals surface area contributed by atoms with Crippen LogP contribution in [-0.2, 0) is 11.3 Å². The first-order valence-corrected chi connectivity index (χ1v) is 8.56. The van der Waals surface area contributed by atoms with Crippen LogP contribution < -0.4 is 15.8 Å². The molecule has 0 heterocycles. The zero-order chi connectivity index (χ0) is 18.8. The predicted molar refractivity (Wildman–Crippen MR) is 101 cm³/mol. The highest BCUT2D eigenvalue weighted by molar-refractivity contribution is 5.94. The van der Waals surface area contributed by atoms with Crippen LogP contribution in [0, 0.1) is 0 Å². The first-order chi connectivity index (χ1) is 12.5. The third-order valence-corrected chi connectivity index (χ3v) is 3.77. The molecule has 0 fully saturated rings. The van der Waals surface area contributed by atoms with Crippen molar-refractivity contribution in [1.29, 1.82) is 0 Å². The van der Waals surface area contributed by atoms with Crippen molar-refractivity contribution < 1.29 is 14.3 Å². The molecule has 2 amide bonds. The van der Waals surface area contributed by atoms with E-state index in [1.807, 2.05) is 18.2 Å². The molecule has 0 atom stereocenters. The van der Waals surface area contributed by atoms with E-state index < -0.39 is 5.91 Å². The number of nitrogens with zero attached hydrogens (tertiary/aromatic N) is 1. The summed E-state index contributed by atoms with van der Waals surface area (Å²) in [4.78, 5) is 25.2. The van der Waals surface area contributed by atoms with Crippen LogP contribution >= 0.6 is 0 Å². The molecule has 138 valence electrons. The van der Waals surface area contributed by atoms with Gasteiger partial charge in [0.1, 0.15) is 5.75 Å². The van der Waals surface area contributed by atoms with Gasteiger partial charge in [-0.1, -0.05) is 36.4 Å². The first kappa shape index (κ1) is 19.5. The number of nitrogens with two attached hydrogens (primary N) is 1. The van der Waals surface area contributed by atoms with Crippen molar-refractivity contribution in [3.8, 4) is 5.75 Å². The molecule has 2 aromatic rings. The van der Waals surface area contributed by atoms with Crippen molar-refractivity contribution in [2.45, 2.75) is 13.0 Å². The third-order valence-electron chi connectivity index (χ3n) is 3.77. The van der Waals surface area contributed by atoms with Gasteiger partial charge < -0.3 is 20.7 Å². The minimum Gasteiger partial charge on any atom is -0.484 e. The fraction of sp³-hybridized carbons (Fsp3) is 0.300. The van der Waals surface area contributed by atoms with Gasteiger partial charge in [0, 0.05) is 18.7 Å². The minimum absolute atomic E-state index is 0.166. The van der Waals surface area contributed by atoms with Crippen LogP contribution in [0.5, 0.6) is 5.75 Å². The van der Waals surface area contributed by atoms with Gasteiger partial charge in [-0.05, 0) is 43.8 Å². The Balaban J connectivity index is 1.71. The number of nitrogens with one attached hydrogen (secondary N) is 1. The summed E-state index contributed by atoms with van der Waals surface area (Å²) in [6.45, 7) is 2.15. The van der Waals surface area contributed by atoms with E-state index >= 15 is 0 Å². The normalized spacial score (nSPS) is 10.5. The summed E-state index contributed by atoms with van der Waals surface area (Å²) in [6, 6.07) is 17.0. The lowest BCUT2D eigenvalue weighted by Gasteiger charge is -2.16. The van der Waals surface area contributed by atoms with E-state index in [0.29, 0.717) is 17.9 Å². The summed E-state index contributed by atoms with van der Waals surface area (Å²) >= 11 is 0. The number of primary amides is 1. The number of carbonyl (C=O) groups excluding carboxylic acids is 2. The van der Waals surface area contributed by atoms with Crippen LogP contribution in [0.25, 0.3) is 0 Å². The average Bonchev–Trinajstić information content (AvgIpc) is 2.64. The maximum Gasteiger partial charge on any atom is 0.255 e. The summed E-state index contributed by atoms with van der Waals surface area (Å²) in [5.41, 5.74) is 6.81. The molecule has 2 aromatic carbocycles. The van der Waals surface area contributed by atoms with Gasteiger partial charge in [-0.25, -0.2) is 0 Å². The van der Waals surface area contributed by atoms with Crippen molar-refractivity contribution in [3.05, 3.63) is 65.7 Å². The summed E-state index contributed by atoms with van der Waals surface area (Å²) < 4.78 is 5.21. The molecule has 0 aliphatic heterocycles. The van der Waals surface area contributed by atoms with Gasteiger partial charge in [0.15, 0.2) is 6.61 Å².